The van der Waals surface area contributed by atoms with Gasteiger partial charge in [0.25, 0.3) is 5.69 Å². The van der Waals surface area contributed by atoms with Crippen LogP contribution in [0, 0.1) is 10.1 Å². The van der Waals surface area contributed by atoms with Gasteiger partial charge in [-0.3, -0.25) is 15.0 Å². The van der Waals surface area contributed by atoms with Gasteiger partial charge in [-0.25, -0.2) is 0 Å². The lowest BCUT2D eigenvalue weighted by molar-refractivity contribution is -0.384. The number of likely N-dealkylation sites (tertiary alicyclic amines) is 1. The van der Waals surface area contributed by atoms with Crippen LogP contribution in [-0.4, -0.2) is 27.5 Å². The molecular formula is C17H23N3O2. The Labute approximate surface area is 130 Å². The maximum absolute atomic E-state index is 11.1. The Balaban J connectivity index is 1.98. The maximum atomic E-state index is 11.1. The lowest BCUT2D eigenvalue weighted by Gasteiger charge is -2.26. The van der Waals surface area contributed by atoms with E-state index in [1.807, 2.05) is 6.07 Å². The number of hydrogen-bond acceptors (Lipinski definition) is 3. The van der Waals surface area contributed by atoms with Crippen molar-refractivity contribution in [1.29, 1.82) is 0 Å². The molecule has 0 bridgehead atoms. The minimum atomic E-state index is -0.304. The van der Waals surface area contributed by atoms with Crippen LogP contribution in [0.5, 0.6) is 0 Å². The zero-order valence-electron chi connectivity index (χ0n) is 13.1. The third kappa shape index (κ3) is 2.99. The second-order valence-electron chi connectivity index (χ2n) is 6.14. The summed E-state index contributed by atoms with van der Waals surface area (Å²) in [6.07, 6.45) is 7.08. The van der Waals surface area contributed by atoms with Crippen molar-refractivity contribution in [3.8, 4) is 0 Å². The normalized spacial score (nSPS) is 16.2. The van der Waals surface area contributed by atoms with Gasteiger partial charge in [0.15, 0.2) is 0 Å². The summed E-state index contributed by atoms with van der Waals surface area (Å²) >= 11 is 0. The fourth-order valence-corrected chi connectivity index (χ4v) is 3.38. The highest BCUT2D eigenvalue weighted by atomic mass is 16.6. The van der Waals surface area contributed by atoms with Crippen LogP contribution in [0.4, 0.5) is 5.69 Å². The third-order valence-corrected chi connectivity index (χ3v) is 4.47. The van der Waals surface area contributed by atoms with Gasteiger partial charge in [-0.2, -0.15) is 0 Å². The van der Waals surface area contributed by atoms with Crippen molar-refractivity contribution in [2.24, 2.45) is 0 Å². The van der Waals surface area contributed by atoms with Gasteiger partial charge in [-0.15, -0.1) is 0 Å². The molecule has 0 saturated carbocycles. The van der Waals surface area contributed by atoms with Crippen LogP contribution in [0.3, 0.4) is 0 Å². The Morgan fingerprint density at radius 2 is 2.00 bits per heavy atom. The van der Waals surface area contributed by atoms with Gasteiger partial charge in [0.05, 0.1) is 4.92 Å². The van der Waals surface area contributed by atoms with E-state index >= 15 is 0 Å². The summed E-state index contributed by atoms with van der Waals surface area (Å²) < 4.78 is 2.23. The third-order valence-electron chi connectivity index (χ3n) is 4.47. The van der Waals surface area contributed by atoms with Gasteiger partial charge in [0.2, 0.25) is 0 Å². The van der Waals surface area contributed by atoms with Crippen molar-refractivity contribution < 1.29 is 4.92 Å². The second-order valence-corrected chi connectivity index (χ2v) is 6.14. The van der Waals surface area contributed by atoms with E-state index in [9.17, 15) is 10.1 Å². The van der Waals surface area contributed by atoms with Crippen molar-refractivity contribution >= 4 is 16.6 Å². The lowest BCUT2D eigenvalue weighted by Crippen LogP contribution is -2.28. The predicted octanol–water partition coefficient (Wildman–Crippen LogP) is 3.95. The highest BCUT2D eigenvalue weighted by molar-refractivity contribution is 5.86. The summed E-state index contributed by atoms with van der Waals surface area (Å²) in [7, 11) is 0. The Kier molecular flexibility index (Phi) is 4.43. The highest BCUT2D eigenvalue weighted by Gasteiger charge is 2.17. The van der Waals surface area contributed by atoms with Crippen LogP contribution < -0.4 is 0 Å². The molecule has 1 aliphatic heterocycles. The molecule has 118 valence electrons. The predicted molar refractivity (Wildman–Crippen MR) is 88.0 cm³/mol. The molecular weight excluding hydrogens is 278 g/mol. The van der Waals surface area contributed by atoms with Crippen molar-refractivity contribution in [2.75, 3.05) is 13.1 Å². The first-order chi connectivity index (χ1) is 10.7. The molecule has 0 N–H and O–H groups in total. The molecule has 1 aliphatic rings. The van der Waals surface area contributed by atoms with Crippen molar-refractivity contribution in [3.05, 3.63) is 40.1 Å². The number of aryl methyl sites for hydroxylation is 1. The van der Waals surface area contributed by atoms with Crippen LogP contribution in [0.25, 0.3) is 10.9 Å². The second kappa shape index (κ2) is 6.48. The van der Waals surface area contributed by atoms with Gasteiger partial charge >= 0.3 is 0 Å². The van der Waals surface area contributed by atoms with E-state index in [0.29, 0.717) is 0 Å². The molecule has 0 radical (unpaired) electrons. The molecule has 5 heteroatoms. The van der Waals surface area contributed by atoms with Crippen molar-refractivity contribution in [2.45, 2.75) is 45.7 Å². The first-order valence-corrected chi connectivity index (χ1v) is 8.17. The standard InChI is InChI=1S/C17H23N3O2/c1-2-8-19-13-14(12-18-9-4-3-5-10-18)16-11-15(20(21)22)6-7-17(16)19/h6-7,11,13H,2-5,8-10,12H2,1H3. The molecule has 0 aliphatic carbocycles. The Morgan fingerprint density at radius 1 is 1.23 bits per heavy atom. The number of nitro groups is 1. The Bertz CT molecular complexity index is 672. The van der Waals surface area contributed by atoms with E-state index < -0.39 is 0 Å². The van der Waals surface area contributed by atoms with E-state index in [1.54, 1.807) is 12.1 Å². The van der Waals surface area contributed by atoms with E-state index in [2.05, 4.69) is 22.6 Å². The zero-order chi connectivity index (χ0) is 15.5. The summed E-state index contributed by atoms with van der Waals surface area (Å²) in [4.78, 5) is 13.2. The zero-order valence-corrected chi connectivity index (χ0v) is 13.1. The molecule has 3 rings (SSSR count). The lowest BCUT2D eigenvalue weighted by atomic mass is 10.1. The number of nitrogens with zero attached hydrogens (tertiary/aromatic N) is 3. The van der Waals surface area contributed by atoms with Crippen molar-refractivity contribution in [1.82, 2.24) is 9.47 Å². The van der Waals surface area contributed by atoms with Crippen LogP contribution in [-0.2, 0) is 13.1 Å². The van der Waals surface area contributed by atoms with Crippen LogP contribution in [0.1, 0.15) is 38.2 Å². The van der Waals surface area contributed by atoms with E-state index in [-0.39, 0.29) is 10.6 Å². The maximum Gasteiger partial charge on any atom is 0.270 e. The molecule has 1 saturated heterocycles. The number of fused-ring (bicyclic) bond motifs is 1. The SMILES string of the molecule is CCCn1cc(CN2CCCCC2)c2cc([N+](=O)[O-])ccc21. The Morgan fingerprint density at radius 3 is 2.68 bits per heavy atom. The fourth-order valence-electron chi connectivity index (χ4n) is 3.38. The monoisotopic (exact) mass is 301 g/mol. The summed E-state index contributed by atoms with van der Waals surface area (Å²) in [6.45, 7) is 6.27. The van der Waals surface area contributed by atoms with E-state index in [0.717, 1.165) is 43.5 Å². The van der Waals surface area contributed by atoms with Crippen LogP contribution in [0.15, 0.2) is 24.4 Å². The topological polar surface area (TPSA) is 51.3 Å². The quantitative estimate of drug-likeness (QED) is 0.620. The van der Waals surface area contributed by atoms with Gasteiger partial charge in [0, 0.05) is 42.3 Å². The molecule has 2 aromatic rings. The molecule has 22 heavy (non-hydrogen) atoms. The summed E-state index contributed by atoms with van der Waals surface area (Å²) in [5.74, 6) is 0. The highest BCUT2D eigenvalue weighted by Crippen LogP contribution is 2.28. The number of piperidine rings is 1. The van der Waals surface area contributed by atoms with Gasteiger partial charge < -0.3 is 4.57 Å². The molecule has 0 unspecified atom stereocenters. The number of nitro benzene ring substituents is 1. The average Bonchev–Trinajstić information content (AvgIpc) is 2.86. The van der Waals surface area contributed by atoms with Crippen molar-refractivity contribution in [3.63, 3.8) is 0 Å². The number of rotatable bonds is 5. The molecule has 1 fully saturated rings. The largest absolute Gasteiger partial charge is 0.347 e. The summed E-state index contributed by atoms with van der Waals surface area (Å²) in [5, 5.41) is 12.1. The number of aromatic nitrogens is 1. The Hall–Kier alpha value is -1.88. The molecule has 1 aromatic heterocycles. The minimum Gasteiger partial charge on any atom is -0.347 e. The fraction of sp³-hybridized carbons (Fsp3) is 0.529. The van der Waals surface area contributed by atoms with Crippen LogP contribution >= 0.6 is 0 Å². The molecule has 0 spiro atoms. The summed E-state index contributed by atoms with van der Waals surface area (Å²) in [6, 6.07) is 5.24. The van der Waals surface area contributed by atoms with Gasteiger partial charge in [0.1, 0.15) is 0 Å². The van der Waals surface area contributed by atoms with E-state index in [1.165, 1.54) is 24.8 Å². The molecule has 2 heterocycles. The molecule has 0 atom stereocenters. The smallest absolute Gasteiger partial charge is 0.270 e. The first kappa shape index (κ1) is 15.0. The van der Waals surface area contributed by atoms with E-state index in [4.69, 9.17) is 0 Å². The molecule has 5 nitrogen and oxygen atoms in total. The number of benzene rings is 1. The molecule has 0 amide bonds. The number of hydrogen-bond donors (Lipinski definition) is 0. The van der Waals surface area contributed by atoms with Crippen LogP contribution in [0.2, 0.25) is 0 Å². The summed E-state index contributed by atoms with van der Waals surface area (Å²) in [5.41, 5.74) is 2.51. The first-order valence-electron chi connectivity index (χ1n) is 8.17. The van der Waals surface area contributed by atoms with Gasteiger partial charge in [-0.1, -0.05) is 13.3 Å². The van der Waals surface area contributed by atoms with Gasteiger partial charge in [-0.05, 0) is 44.0 Å². The average molecular weight is 301 g/mol. The minimum absolute atomic E-state index is 0.182. The molecule has 1 aromatic carbocycles. The number of non-ortho nitro benzene ring substituents is 1.